The highest BCUT2D eigenvalue weighted by molar-refractivity contribution is 5.94. The predicted molar refractivity (Wildman–Crippen MR) is 79.4 cm³/mol. The van der Waals surface area contributed by atoms with E-state index in [2.05, 4.69) is 26.0 Å². The van der Waals surface area contributed by atoms with Gasteiger partial charge < -0.3 is 10.6 Å². The Labute approximate surface area is 116 Å². The van der Waals surface area contributed by atoms with Crippen molar-refractivity contribution in [1.29, 1.82) is 0 Å². The molecule has 0 aliphatic carbocycles. The molecular weight excluding hydrogens is 248 g/mol. The highest BCUT2D eigenvalue weighted by Crippen LogP contribution is 2.21. The van der Waals surface area contributed by atoms with Crippen molar-refractivity contribution in [2.24, 2.45) is 11.7 Å². The van der Waals surface area contributed by atoms with Crippen LogP contribution in [-0.4, -0.2) is 19.5 Å². The van der Waals surface area contributed by atoms with E-state index in [1.165, 1.54) is 5.56 Å². The van der Waals surface area contributed by atoms with Crippen LogP contribution in [0, 0.1) is 5.92 Å². The third-order valence-corrected chi connectivity index (χ3v) is 3.03. The van der Waals surface area contributed by atoms with Crippen LogP contribution in [0.2, 0.25) is 0 Å². The number of nitrogens with zero attached hydrogens (tertiary/aromatic N) is 1. The van der Waals surface area contributed by atoms with Crippen molar-refractivity contribution >= 4 is 24.0 Å². The molecule has 1 rings (SSSR count). The van der Waals surface area contributed by atoms with Gasteiger partial charge in [0.05, 0.1) is 0 Å². The lowest BCUT2D eigenvalue weighted by atomic mass is 10.0. The third-order valence-electron chi connectivity index (χ3n) is 3.03. The molecule has 0 radical (unpaired) electrons. The van der Waals surface area contributed by atoms with E-state index in [4.69, 9.17) is 5.73 Å². The van der Waals surface area contributed by atoms with Crippen LogP contribution in [0.4, 0.5) is 5.69 Å². The normalized spacial score (nSPS) is 11.9. The summed E-state index contributed by atoms with van der Waals surface area (Å²) in [5, 5.41) is 0. The van der Waals surface area contributed by atoms with Crippen molar-refractivity contribution in [3.63, 3.8) is 0 Å². The Morgan fingerprint density at radius 1 is 1.33 bits per heavy atom. The lowest BCUT2D eigenvalue weighted by molar-refractivity contribution is -0.121. The molecule has 1 aromatic carbocycles. The molecule has 1 aromatic rings. The molecule has 18 heavy (non-hydrogen) atoms. The molecule has 0 saturated carbocycles. The zero-order valence-electron chi connectivity index (χ0n) is 11.5. The van der Waals surface area contributed by atoms with Crippen LogP contribution in [0.5, 0.6) is 0 Å². The first-order chi connectivity index (χ1) is 7.97. The van der Waals surface area contributed by atoms with Gasteiger partial charge in [-0.2, -0.15) is 0 Å². The van der Waals surface area contributed by atoms with Gasteiger partial charge in [-0.3, -0.25) is 4.79 Å². The van der Waals surface area contributed by atoms with Crippen molar-refractivity contribution in [3.05, 3.63) is 29.8 Å². The summed E-state index contributed by atoms with van der Waals surface area (Å²) in [5.74, 6) is 0.390. The van der Waals surface area contributed by atoms with E-state index >= 15 is 0 Å². The standard InChI is InChI=1S/C14H22N2O.ClH/c1-10(2)12-6-5-7-13(8-12)16(4)14(17)11(3)9-15;/h5-8,10-11H,9,15H2,1-4H3;1H. The van der Waals surface area contributed by atoms with Gasteiger partial charge in [0.25, 0.3) is 0 Å². The first-order valence-corrected chi connectivity index (χ1v) is 6.05. The molecule has 1 atom stereocenters. The predicted octanol–water partition coefficient (Wildman–Crippen LogP) is 2.79. The molecule has 0 spiro atoms. The summed E-state index contributed by atoms with van der Waals surface area (Å²) in [6, 6.07) is 8.08. The average Bonchev–Trinajstić information content (AvgIpc) is 2.36. The number of anilines is 1. The Balaban J connectivity index is 0.00000289. The quantitative estimate of drug-likeness (QED) is 0.914. The molecule has 0 aromatic heterocycles. The maximum atomic E-state index is 12.0. The molecule has 0 fully saturated rings. The number of nitrogens with two attached hydrogens (primary N) is 1. The van der Waals surface area contributed by atoms with Crippen molar-refractivity contribution in [2.45, 2.75) is 26.7 Å². The molecule has 1 unspecified atom stereocenters. The number of benzene rings is 1. The lowest BCUT2D eigenvalue weighted by Gasteiger charge is -2.21. The number of carbonyl (C=O) groups excluding carboxylic acids is 1. The summed E-state index contributed by atoms with van der Waals surface area (Å²) in [6.07, 6.45) is 0. The molecule has 1 amide bonds. The topological polar surface area (TPSA) is 46.3 Å². The van der Waals surface area contributed by atoms with Gasteiger partial charge in [-0.05, 0) is 23.6 Å². The SMILES string of the molecule is CC(CN)C(=O)N(C)c1cccc(C(C)C)c1.Cl. The molecule has 3 nitrogen and oxygen atoms in total. The summed E-state index contributed by atoms with van der Waals surface area (Å²) in [4.78, 5) is 13.7. The molecule has 0 saturated heterocycles. The summed E-state index contributed by atoms with van der Waals surface area (Å²) in [5.41, 5.74) is 7.69. The highest BCUT2D eigenvalue weighted by atomic mass is 35.5. The fraction of sp³-hybridized carbons (Fsp3) is 0.500. The van der Waals surface area contributed by atoms with Gasteiger partial charge in [0.15, 0.2) is 0 Å². The van der Waals surface area contributed by atoms with Gasteiger partial charge in [0.2, 0.25) is 5.91 Å². The Kier molecular flexibility index (Phi) is 6.96. The second-order valence-electron chi connectivity index (χ2n) is 4.78. The zero-order valence-corrected chi connectivity index (χ0v) is 12.3. The van der Waals surface area contributed by atoms with Crippen LogP contribution in [0.15, 0.2) is 24.3 Å². The van der Waals surface area contributed by atoms with Crippen LogP contribution >= 0.6 is 12.4 Å². The maximum Gasteiger partial charge on any atom is 0.230 e. The van der Waals surface area contributed by atoms with Crippen LogP contribution in [0.25, 0.3) is 0 Å². The van der Waals surface area contributed by atoms with Gasteiger partial charge in [0, 0.05) is 25.2 Å². The third kappa shape index (κ3) is 4.00. The van der Waals surface area contributed by atoms with E-state index in [0.717, 1.165) is 5.69 Å². The molecule has 0 aliphatic heterocycles. The Morgan fingerprint density at radius 2 is 1.94 bits per heavy atom. The Morgan fingerprint density at radius 3 is 2.44 bits per heavy atom. The molecule has 0 aliphatic rings. The second kappa shape index (κ2) is 7.39. The van der Waals surface area contributed by atoms with Gasteiger partial charge in [-0.15, -0.1) is 12.4 Å². The Bertz CT molecular complexity index is 393. The van der Waals surface area contributed by atoms with Crippen LogP contribution in [-0.2, 0) is 4.79 Å². The fourth-order valence-electron chi connectivity index (χ4n) is 1.65. The summed E-state index contributed by atoms with van der Waals surface area (Å²) in [7, 11) is 1.80. The van der Waals surface area contributed by atoms with Crippen LogP contribution < -0.4 is 10.6 Å². The minimum atomic E-state index is -0.136. The van der Waals surface area contributed by atoms with E-state index in [0.29, 0.717) is 12.5 Å². The molecule has 4 heteroatoms. The van der Waals surface area contributed by atoms with Gasteiger partial charge >= 0.3 is 0 Å². The molecule has 102 valence electrons. The lowest BCUT2D eigenvalue weighted by Crippen LogP contribution is -2.35. The van der Waals surface area contributed by atoms with E-state index in [-0.39, 0.29) is 24.2 Å². The van der Waals surface area contributed by atoms with Crippen LogP contribution in [0.3, 0.4) is 0 Å². The molecule has 2 N–H and O–H groups in total. The largest absolute Gasteiger partial charge is 0.330 e. The fourth-order valence-corrected chi connectivity index (χ4v) is 1.65. The van der Waals surface area contributed by atoms with E-state index in [9.17, 15) is 4.79 Å². The number of carbonyl (C=O) groups is 1. The maximum absolute atomic E-state index is 12.0. The molecular formula is C14H23ClN2O. The Hall–Kier alpha value is -1.06. The first kappa shape index (κ1) is 16.9. The summed E-state index contributed by atoms with van der Waals surface area (Å²) in [6.45, 7) is 6.52. The smallest absolute Gasteiger partial charge is 0.230 e. The molecule has 0 heterocycles. The van der Waals surface area contributed by atoms with Gasteiger partial charge in [-0.25, -0.2) is 0 Å². The van der Waals surface area contributed by atoms with E-state index in [1.807, 2.05) is 19.1 Å². The average molecular weight is 271 g/mol. The van der Waals surface area contributed by atoms with Gasteiger partial charge in [0.1, 0.15) is 0 Å². The van der Waals surface area contributed by atoms with Crippen LogP contribution in [0.1, 0.15) is 32.3 Å². The minimum absolute atomic E-state index is 0. The highest BCUT2D eigenvalue weighted by Gasteiger charge is 2.17. The second-order valence-corrected chi connectivity index (χ2v) is 4.78. The summed E-state index contributed by atoms with van der Waals surface area (Å²) >= 11 is 0. The number of hydrogen-bond donors (Lipinski definition) is 1. The number of hydrogen-bond acceptors (Lipinski definition) is 2. The van der Waals surface area contributed by atoms with Gasteiger partial charge in [-0.1, -0.05) is 32.9 Å². The number of amides is 1. The molecule has 0 bridgehead atoms. The van der Waals surface area contributed by atoms with Crippen molar-refractivity contribution in [1.82, 2.24) is 0 Å². The van der Waals surface area contributed by atoms with Crippen molar-refractivity contribution < 1.29 is 4.79 Å². The van der Waals surface area contributed by atoms with E-state index < -0.39 is 0 Å². The first-order valence-electron chi connectivity index (χ1n) is 6.05. The number of rotatable bonds is 4. The van der Waals surface area contributed by atoms with Crippen molar-refractivity contribution in [3.8, 4) is 0 Å². The monoisotopic (exact) mass is 270 g/mol. The number of halogens is 1. The minimum Gasteiger partial charge on any atom is -0.330 e. The zero-order chi connectivity index (χ0) is 13.0. The summed E-state index contributed by atoms with van der Waals surface area (Å²) < 4.78 is 0. The van der Waals surface area contributed by atoms with Crippen molar-refractivity contribution in [2.75, 3.05) is 18.5 Å². The van der Waals surface area contributed by atoms with E-state index in [1.54, 1.807) is 11.9 Å².